The number of hydrogen-bond donors (Lipinski definition) is 1. The van der Waals surface area contributed by atoms with Crippen molar-refractivity contribution in [2.45, 2.75) is 13.8 Å². The molecule has 0 aromatic carbocycles. The van der Waals surface area contributed by atoms with E-state index in [0.717, 1.165) is 11.1 Å². The molecule has 0 amide bonds. The van der Waals surface area contributed by atoms with Crippen LogP contribution in [0.5, 0.6) is 0 Å². The highest BCUT2D eigenvalue weighted by molar-refractivity contribution is 5.83. The largest absolute Gasteiger partial charge is 0.308 e. The smallest absolute Gasteiger partial charge is 0.0250 e. The van der Waals surface area contributed by atoms with Crippen LogP contribution in [0.15, 0.2) is 48.1 Å². The van der Waals surface area contributed by atoms with Gasteiger partial charge in [-0.25, -0.2) is 0 Å². The summed E-state index contributed by atoms with van der Waals surface area (Å²) in [7, 11) is 0. The minimum atomic E-state index is 0.705. The van der Waals surface area contributed by atoms with Gasteiger partial charge in [0.05, 0.1) is 0 Å². The second kappa shape index (κ2) is 5.30. The van der Waals surface area contributed by atoms with Crippen LogP contribution in [-0.4, -0.2) is 6.21 Å². The van der Waals surface area contributed by atoms with Gasteiger partial charge in [-0.3, -0.25) is 0 Å². The third-order valence-corrected chi connectivity index (χ3v) is 1.29. The maximum Gasteiger partial charge on any atom is 0.0250 e. The minimum Gasteiger partial charge on any atom is -0.308 e. The standard InChI is InChI=1S/C11H15N/c1-5-6-11(7-9(2)3)10(4)8-12/h5-8,12H,2,4H2,1,3H3/b6-5-,11-7+,12-8?. The third kappa shape index (κ3) is 3.71. The van der Waals surface area contributed by atoms with Gasteiger partial charge in [-0.1, -0.05) is 37.0 Å². The normalized spacial score (nSPS) is 11.7. The molecule has 0 atom stereocenters. The summed E-state index contributed by atoms with van der Waals surface area (Å²) in [6.45, 7) is 11.4. The van der Waals surface area contributed by atoms with Gasteiger partial charge in [0.2, 0.25) is 0 Å². The average molecular weight is 161 g/mol. The zero-order valence-electron chi connectivity index (χ0n) is 7.72. The average Bonchev–Trinajstić information content (AvgIpc) is 2.01. The monoisotopic (exact) mass is 161 g/mol. The zero-order valence-corrected chi connectivity index (χ0v) is 7.72. The highest BCUT2D eigenvalue weighted by Gasteiger charge is 1.93. The summed E-state index contributed by atoms with van der Waals surface area (Å²) in [5.41, 5.74) is 2.61. The molecule has 0 saturated heterocycles. The van der Waals surface area contributed by atoms with Crippen LogP contribution >= 0.6 is 0 Å². The van der Waals surface area contributed by atoms with Gasteiger partial charge in [0, 0.05) is 6.21 Å². The van der Waals surface area contributed by atoms with Gasteiger partial charge in [-0.2, -0.15) is 0 Å². The lowest BCUT2D eigenvalue weighted by Gasteiger charge is -1.99. The van der Waals surface area contributed by atoms with Crippen molar-refractivity contribution >= 4 is 6.21 Å². The van der Waals surface area contributed by atoms with Crippen LogP contribution in [0.4, 0.5) is 0 Å². The molecule has 1 nitrogen and oxygen atoms in total. The summed E-state index contributed by atoms with van der Waals surface area (Å²) in [6, 6.07) is 0. The van der Waals surface area contributed by atoms with E-state index in [2.05, 4.69) is 13.2 Å². The molecular formula is C11H15N. The predicted octanol–water partition coefficient (Wildman–Crippen LogP) is 3.27. The number of allylic oxidation sites excluding steroid dienone is 6. The molecular weight excluding hydrogens is 146 g/mol. The first-order chi connectivity index (χ1) is 5.61. The van der Waals surface area contributed by atoms with E-state index in [4.69, 9.17) is 5.41 Å². The topological polar surface area (TPSA) is 23.9 Å². The third-order valence-electron chi connectivity index (χ3n) is 1.29. The molecule has 0 aliphatic heterocycles. The minimum absolute atomic E-state index is 0.705. The van der Waals surface area contributed by atoms with Gasteiger partial charge < -0.3 is 5.41 Å². The highest BCUT2D eigenvalue weighted by atomic mass is 14.3. The van der Waals surface area contributed by atoms with Gasteiger partial charge in [0.1, 0.15) is 0 Å². The highest BCUT2D eigenvalue weighted by Crippen LogP contribution is 2.09. The van der Waals surface area contributed by atoms with Gasteiger partial charge in [-0.05, 0) is 25.0 Å². The van der Waals surface area contributed by atoms with E-state index in [-0.39, 0.29) is 0 Å². The predicted molar refractivity (Wildman–Crippen MR) is 55.6 cm³/mol. The van der Waals surface area contributed by atoms with E-state index in [0.29, 0.717) is 5.57 Å². The molecule has 1 N–H and O–H groups in total. The molecule has 0 aliphatic rings. The second-order valence-electron chi connectivity index (χ2n) is 2.62. The molecule has 0 aromatic heterocycles. The van der Waals surface area contributed by atoms with Gasteiger partial charge in [0.15, 0.2) is 0 Å². The van der Waals surface area contributed by atoms with Crippen LogP contribution in [0.3, 0.4) is 0 Å². The number of rotatable bonds is 4. The summed E-state index contributed by atoms with van der Waals surface area (Å²) >= 11 is 0. The van der Waals surface area contributed by atoms with E-state index < -0.39 is 0 Å². The first-order valence-electron chi connectivity index (χ1n) is 3.81. The maximum atomic E-state index is 7.03. The van der Waals surface area contributed by atoms with E-state index in [9.17, 15) is 0 Å². The molecule has 0 bridgehead atoms. The van der Waals surface area contributed by atoms with Crippen LogP contribution in [0, 0.1) is 5.41 Å². The van der Waals surface area contributed by atoms with Crippen LogP contribution in [0.25, 0.3) is 0 Å². The molecule has 0 fully saturated rings. The Morgan fingerprint density at radius 1 is 1.33 bits per heavy atom. The Morgan fingerprint density at radius 3 is 2.25 bits per heavy atom. The summed E-state index contributed by atoms with van der Waals surface area (Å²) < 4.78 is 0. The summed E-state index contributed by atoms with van der Waals surface area (Å²) in [4.78, 5) is 0. The van der Waals surface area contributed by atoms with Crippen molar-refractivity contribution in [1.29, 1.82) is 5.41 Å². The van der Waals surface area contributed by atoms with Crippen LogP contribution in [0.2, 0.25) is 0 Å². The zero-order chi connectivity index (χ0) is 9.56. The SMILES string of the molecule is C=C(C)/C=C(\C=C/C)C(=C)C=N. The van der Waals surface area contributed by atoms with Crippen molar-refractivity contribution in [2.75, 3.05) is 0 Å². The number of nitrogens with one attached hydrogen (secondary N) is 1. The second-order valence-corrected chi connectivity index (χ2v) is 2.62. The fourth-order valence-corrected chi connectivity index (χ4v) is 0.776. The molecule has 0 aromatic rings. The molecule has 0 unspecified atom stereocenters. The van der Waals surface area contributed by atoms with Gasteiger partial charge >= 0.3 is 0 Å². The fourth-order valence-electron chi connectivity index (χ4n) is 0.776. The fraction of sp³-hybridized carbons (Fsp3) is 0.182. The van der Waals surface area contributed by atoms with Gasteiger partial charge in [-0.15, -0.1) is 0 Å². The first-order valence-corrected chi connectivity index (χ1v) is 3.81. The Morgan fingerprint density at radius 2 is 1.92 bits per heavy atom. The van der Waals surface area contributed by atoms with Gasteiger partial charge in [0.25, 0.3) is 0 Å². The molecule has 64 valence electrons. The molecule has 0 aliphatic carbocycles. The summed E-state index contributed by atoms with van der Waals surface area (Å²) in [6.07, 6.45) is 6.99. The van der Waals surface area contributed by atoms with Crippen molar-refractivity contribution in [1.82, 2.24) is 0 Å². The van der Waals surface area contributed by atoms with E-state index in [1.165, 1.54) is 6.21 Å². The van der Waals surface area contributed by atoms with E-state index in [1.54, 1.807) is 0 Å². The maximum absolute atomic E-state index is 7.03. The van der Waals surface area contributed by atoms with Crippen LogP contribution < -0.4 is 0 Å². The Kier molecular flexibility index (Phi) is 4.70. The molecule has 0 rings (SSSR count). The van der Waals surface area contributed by atoms with E-state index >= 15 is 0 Å². The van der Waals surface area contributed by atoms with Crippen molar-refractivity contribution < 1.29 is 0 Å². The lowest BCUT2D eigenvalue weighted by Crippen LogP contribution is -1.85. The van der Waals surface area contributed by atoms with Crippen molar-refractivity contribution in [2.24, 2.45) is 0 Å². The molecule has 0 radical (unpaired) electrons. The summed E-state index contributed by atoms with van der Waals surface area (Å²) in [5.74, 6) is 0. The molecule has 12 heavy (non-hydrogen) atoms. The van der Waals surface area contributed by atoms with Crippen molar-refractivity contribution in [3.8, 4) is 0 Å². The van der Waals surface area contributed by atoms with Crippen molar-refractivity contribution in [3.05, 3.63) is 48.1 Å². The van der Waals surface area contributed by atoms with E-state index in [1.807, 2.05) is 32.1 Å². The molecule has 0 spiro atoms. The van der Waals surface area contributed by atoms with Crippen LogP contribution in [0.1, 0.15) is 13.8 Å². The lowest BCUT2D eigenvalue weighted by molar-refractivity contribution is 1.47. The molecule has 1 heteroatoms. The molecule has 0 saturated carbocycles. The number of hydrogen-bond acceptors (Lipinski definition) is 1. The Balaban J connectivity index is 4.77. The Labute approximate surface area is 74.3 Å². The Bertz CT molecular complexity index is 254. The molecule has 0 heterocycles. The van der Waals surface area contributed by atoms with Crippen LogP contribution in [-0.2, 0) is 0 Å². The summed E-state index contributed by atoms with van der Waals surface area (Å²) in [5, 5.41) is 7.03. The van der Waals surface area contributed by atoms with Crippen molar-refractivity contribution in [3.63, 3.8) is 0 Å². The first kappa shape index (κ1) is 10.6. The quantitative estimate of drug-likeness (QED) is 0.483. The Hall–Kier alpha value is -1.37. The lowest BCUT2D eigenvalue weighted by atomic mass is 10.1.